The fourth-order valence-corrected chi connectivity index (χ4v) is 1.81. The molecule has 0 heterocycles. The summed E-state index contributed by atoms with van der Waals surface area (Å²) >= 11 is 0. The fourth-order valence-electron chi connectivity index (χ4n) is 1.81. The van der Waals surface area contributed by atoms with E-state index >= 15 is 0 Å². The molecule has 19 heavy (non-hydrogen) atoms. The maximum atomic E-state index is 11.0. The predicted octanol–water partition coefficient (Wildman–Crippen LogP) is 3.46. The lowest BCUT2D eigenvalue weighted by atomic mass is 10.0. The molecule has 0 aliphatic carbocycles. The highest BCUT2D eigenvalue weighted by atomic mass is 16.5. The van der Waals surface area contributed by atoms with Crippen molar-refractivity contribution in [3.8, 4) is 0 Å². The van der Waals surface area contributed by atoms with Gasteiger partial charge in [-0.2, -0.15) is 0 Å². The number of esters is 1. The molecule has 0 unspecified atom stereocenters. The summed E-state index contributed by atoms with van der Waals surface area (Å²) in [4.78, 5) is 11.0. The molecule has 2 nitrogen and oxygen atoms in total. The van der Waals surface area contributed by atoms with Gasteiger partial charge in [-0.3, -0.25) is 0 Å². The minimum atomic E-state index is -0.339. The number of carbonyl (C=O) groups is 1. The van der Waals surface area contributed by atoms with Crippen LogP contribution >= 0.6 is 0 Å². The van der Waals surface area contributed by atoms with E-state index in [1.807, 2.05) is 30.3 Å². The Morgan fingerprint density at radius 2 is 1.63 bits per heavy atom. The predicted molar refractivity (Wildman–Crippen MR) is 76.7 cm³/mol. The van der Waals surface area contributed by atoms with E-state index in [2.05, 4.69) is 29.0 Å². The van der Waals surface area contributed by atoms with Gasteiger partial charge in [0.05, 0.1) is 7.11 Å². The average Bonchev–Trinajstić information content (AvgIpc) is 2.47. The second-order valence-electron chi connectivity index (χ2n) is 4.26. The molecule has 0 fully saturated rings. The van der Waals surface area contributed by atoms with Crippen molar-refractivity contribution in [2.75, 3.05) is 7.11 Å². The van der Waals surface area contributed by atoms with Crippen LogP contribution in [0.15, 0.2) is 60.7 Å². The van der Waals surface area contributed by atoms with E-state index in [9.17, 15) is 4.79 Å². The Morgan fingerprint density at radius 1 is 1.00 bits per heavy atom. The van der Waals surface area contributed by atoms with Gasteiger partial charge in [0.25, 0.3) is 0 Å². The zero-order valence-electron chi connectivity index (χ0n) is 10.9. The summed E-state index contributed by atoms with van der Waals surface area (Å²) in [5.74, 6) is -0.339. The highest BCUT2D eigenvalue weighted by Crippen LogP contribution is 2.11. The smallest absolute Gasteiger partial charge is 0.330 e. The van der Waals surface area contributed by atoms with E-state index in [0.717, 1.165) is 12.0 Å². The van der Waals surface area contributed by atoms with Crippen molar-refractivity contribution in [2.24, 2.45) is 0 Å². The molecular weight excluding hydrogens is 236 g/mol. The SMILES string of the molecule is COC(=O)C=Cc1ccc(Cc2ccccc2)cc1. The first-order valence-electron chi connectivity index (χ1n) is 6.17. The monoisotopic (exact) mass is 252 g/mol. The molecule has 2 heteroatoms. The van der Waals surface area contributed by atoms with Crippen LogP contribution in [-0.2, 0) is 16.0 Å². The van der Waals surface area contributed by atoms with Gasteiger partial charge in [0.15, 0.2) is 0 Å². The number of benzene rings is 2. The summed E-state index contributed by atoms with van der Waals surface area (Å²) in [5.41, 5.74) is 3.53. The van der Waals surface area contributed by atoms with E-state index in [-0.39, 0.29) is 5.97 Å². The Labute approximate surface area is 113 Å². The molecule has 2 aromatic carbocycles. The van der Waals surface area contributed by atoms with Gasteiger partial charge in [-0.15, -0.1) is 0 Å². The van der Waals surface area contributed by atoms with Crippen LogP contribution in [0.2, 0.25) is 0 Å². The Balaban J connectivity index is 2.03. The van der Waals surface area contributed by atoms with Crippen molar-refractivity contribution in [3.05, 3.63) is 77.4 Å². The van der Waals surface area contributed by atoms with Gasteiger partial charge in [-0.25, -0.2) is 4.79 Å². The van der Waals surface area contributed by atoms with Crippen molar-refractivity contribution >= 4 is 12.0 Å². The number of hydrogen-bond acceptors (Lipinski definition) is 2. The van der Waals surface area contributed by atoms with E-state index in [4.69, 9.17) is 0 Å². The molecule has 0 saturated carbocycles. The van der Waals surface area contributed by atoms with Crippen molar-refractivity contribution in [1.29, 1.82) is 0 Å². The second-order valence-corrected chi connectivity index (χ2v) is 4.26. The first-order chi connectivity index (χ1) is 9.28. The minimum Gasteiger partial charge on any atom is -0.466 e. The Kier molecular flexibility index (Phi) is 4.51. The number of methoxy groups -OCH3 is 1. The maximum Gasteiger partial charge on any atom is 0.330 e. The van der Waals surface area contributed by atoms with Crippen LogP contribution in [0.4, 0.5) is 0 Å². The molecule has 0 spiro atoms. The second kappa shape index (κ2) is 6.55. The fraction of sp³-hybridized carbons (Fsp3) is 0.118. The molecule has 0 radical (unpaired) electrons. The zero-order valence-corrected chi connectivity index (χ0v) is 10.9. The lowest BCUT2D eigenvalue weighted by molar-refractivity contribution is -0.134. The van der Waals surface area contributed by atoms with Crippen LogP contribution in [0.25, 0.3) is 6.08 Å². The van der Waals surface area contributed by atoms with E-state index in [1.165, 1.54) is 24.3 Å². The van der Waals surface area contributed by atoms with E-state index in [0.29, 0.717) is 0 Å². The Hall–Kier alpha value is -2.35. The minimum absolute atomic E-state index is 0.339. The molecule has 2 aromatic rings. The van der Waals surface area contributed by atoms with Crippen LogP contribution in [0.1, 0.15) is 16.7 Å². The van der Waals surface area contributed by atoms with Crippen molar-refractivity contribution in [1.82, 2.24) is 0 Å². The van der Waals surface area contributed by atoms with Gasteiger partial charge in [0.2, 0.25) is 0 Å². The standard InChI is InChI=1S/C17H16O2/c1-19-17(18)12-11-14-7-9-16(10-8-14)13-15-5-3-2-4-6-15/h2-12H,13H2,1H3. The maximum absolute atomic E-state index is 11.0. The topological polar surface area (TPSA) is 26.3 Å². The van der Waals surface area contributed by atoms with Crippen molar-refractivity contribution in [2.45, 2.75) is 6.42 Å². The quantitative estimate of drug-likeness (QED) is 0.615. The first kappa shape index (κ1) is 13.1. The van der Waals surface area contributed by atoms with Crippen LogP contribution < -0.4 is 0 Å². The molecule has 2 rings (SSSR count). The highest BCUT2D eigenvalue weighted by molar-refractivity contribution is 5.86. The van der Waals surface area contributed by atoms with Crippen LogP contribution in [0, 0.1) is 0 Å². The van der Waals surface area contributed by atoms with Gasteiger partial charge in [0.1, 0.15) is 0 Å². The number of ether oxygens (including phenoxy) is 1. The van der Waals surface area contributed by atoms with Crippen molar-refractivity contribution in [3.63, 3.8) is 0 Å². The molecule has 0 bridgehead atoms. The molecule has 0 aromatic heterocycles. The van der Waals surface area contributed by atoms with Crippen LogP contribution in [-0.4, -0.2) is 13.1 Å². The zero-order chi connectivity index (χ0) is 13.5. The van der Waals surface area contributed by atoms with Crippen molar-refractivity contribution < 1.29 is 9.53 Å². The molecule has 0 N–H and O–H groups in total. The van der Waals surface area contributed by atoms with Gasteiger partial charge in [-0.05, 0) is 29.2 Å². The summed E-state index contributed by atoms with van der Waals surface area (Å²) in [6.45, 7) is 0. The summed E-state index contributed by atoms with van der Waals surface area (Å²) in [5, 5.41) is 0. The average molecular weight is 252 g/mol. The third-order valence-corrected chi connectivity index (χ3v) is 2.84. The first-order valence-corrected chi connectivity index (χ1v) is 6.17. The normalized spacial score (nSPS) is 10.6. The summed E-state index contributed by atoms with van der Waals surface area (Å²) in [7, 11) is 1.37. The lowest BCUT2D eigenvalue weighted by Gasteiger charge is -2.02. The third kappa shape index (κ3) is 4.11. The van der Waals surface area contributed by atoms with Gasteiger partial charge < -0.3 is 4.74 Å². The van der Waals surface area contributed by atoms with Crippen LogP contribution in [0.3, 0.4) is 0 Å². The van der Waals surface area contributed by atoms with Crippen LogP contribution in [0.5, 0.6) is 0 Å². The van der Waals surface area contributed by atoms with Gasteiger partial charge in [0, 0.05) is 6.08 Å². The number of hydrogen-bond donors (Lipinski definition) is 0. The molecule has 0 aliphatic heterocycles. The van der Waals surface area contributed by atoms with Gasteiger partial charge in [-0.1, -0.05) is 54.6 Å². The Morgan fingerprint density at radius 3 is 2.26 bits per heavy atom. The highest BCUT2D eigenvalue weighted by Gasteiger charge is 1.96. The summed E-state index contributed by atoms with van der Waals surface area (Å²) < 4.78 is 4.55. The molecular formula is C17H16O2. The van der Waals surface area contributed by atoms with E-state index < -0.39 is 0 Å². The molecule has 0 atom stereocenters. The summed E-state index contributed by atoms with van der Waals surface area (Å²) in [6, 6.07) is 18.5. The Bertz CT molecular complexity index is 554. The lowest BCUT2D eigenvalue weighted by Crippen LogP contribution is -1.93. The largest absolute Gasteiger partial charge is 0.466 e. The number of rotatable bonds is 4. The van der Waals surface area contributed by atoms with Gasteiger partial charge >= 0.3 is 5.97 Å². The molecule has 0 aliphatic rings. The van der Waals surface area contributed by atoms with E-state index in [1.54, 1.807) is 6.08 Å². The third-order valence-electron chi connectivity index (χ3n) is 2.84. The number of carbonyl (C=O) groups excluding carboxylic acids is 1. The molecule has 0 amide bonds. The summed E-state index contributed by atoms with van der Waals surface area (Å²) in [6.07, 6.45) is 4.09. The molecule has 96 valence electrons. The molecule has 0 saturated heterocycles.